The minimum atomic E-state index is -4.42. The number of halogens is 3. The summed E-state index contributed by atoms with van der Waals surface area (Å²) >= 11 is 0. The Balaban J connectivity index is 1.78. The minimum Gasteiger partial charge on any atom is -0.337 e. The number of hydrogen-bond donors (Lipinski definition) is 1. The van der Waals surface area contributed by atoms with Crippen molar-refractivity contribution >= 4 is 5.91 Å². The van der Waals surface area contributed by atoms with Gasteiger partial charge in [-0.2, -0.15) is 13.2 Å². The van der Waals surface area contributed by atoms with Gasteiger partial charge in [0.25, 0.3) is 5.91 Å². The molecule has 2 heterocycles. The second-order valence-corrected chi connectivity index (χ2v) is 5.40. The molecule has 20 heavy (non-hydrogen) atoms. The first-order chi connectivity index (χ1) is 9.45. The summed E-state index contributed by atoms with van der Waals surface area (Å²) in [5, 5.41) is 3.32. The van der Waals surface area contributed by atoms with Crippen LogP contribution in [0.3, 0.4) is 0 Å². The largest absolute Gasteiger partial charge is 0.416 e. The van der Waals surface area contributed by atoms with Crippen LogP contribution in [0.25, 0.3) is 0 Å². The lowest BCUT2D eigenvalue weighted by Gasteiger charge is -2.18. The molecule has 0 radical (unpaired) electrons. The summed E-state index contributed by atoms with van der Waals surface area (Å²) in [4.78, 5) is 13.9. The molecule has 3 rings (SSSR count). The Kier molecular flexibility index (Phi) is 3.20. The van der Waals surface area contributed by atoms with E-state index in [-0.39, 0.29) is 11.5 Å². The highest BCUT2D eigenvalue weighted by molar-refractivity contribution is 5.94. The van der Waals surface area contributed by atoms with Crippen molar-refractivity contribution in [3.8, 4) is 0 Å². The van der Waals surface area contributed by atoms with Crippen molar-refractivity contribution in [1.82, 2.24) is 10.2 Å². The van der Waals surface area contributed by atoms with Gasteiger partial charge in [0, 0.05) is 24.7 Å². The van der Waals surface area contributed by atoms with Crippen LogP contribution < -0.4 is 5.32 Å². The third kappa shape index (κ3) is 2.40. The molecular weight excluding hydrogens is 269 g/mol. The fourth-order valence-electron chi connectivity index (χ4n) is 3.03. The van der Waals surface area contributed by atoms with Crippen LogP contribution in [-0.2, 0) is 6.18 Å². The predicted molar refractivity (Wildman–Crippen MR) is 67.2 cm³/mol. The van der Waals surface area contributed by atoms with Crippen molar-refractivity contribution in [2.45, 2.75) is 18.6 Å². The second kappa shape index (κ2) is 4.77. The Bertz CT molecular complexity index is 517. The van der Waals surface area contributed by atoms with E-state index < -0.39 is 11.7 Å². The number of nitrogens with one attached hydrogen (secondary N) is 1. The molecule has 1 amide bonds. The van der Waals surface area contributed by atoms with Gasteiger partial charge >= 0.3 is 6.18 Å². The molecule has 0 spiro atoms. The Morgan fingerprint density at radius 3 is 2.80 bits per heavy atom. The summed E-state index contributed by atoms with van der Waals surface area (Å²) in [6.07, 6.45) is -3.39. The van der Waals surface area contributed by atoms with Crippen molar-refractivity contribution in [3.63, 3.8) is 0 Å². The molecule has 2 atom stereocenters. The number of carbonyl (C=O) groups is 1. The highest BCUT2D eigenvalue weighted by Crippen LogP contribution is 2.31. The van der Waals surface area contributed by atoms with Crippen LogP contribution in [0.2, 0.25) is 0 Å². The van der Waals surface area contributed by atoms with Gasteiger partial charge in [-0.1, -0.05) is 6.07 Å². The van der Waals surface area contributed by atoms with Gasteiger partial charge in [-0.3, -0.25) is 4.79 Å². The zero-order chi connectivity index (χ0) is 14.3. The molecular formula is C14H15F3N2O. The molecule has 108 valence electrons. The molecule has 3 nitrogen and oxygen atoms in total. The zero-order valence-electron chi connectivity index (χ0n) is 10.8. The van der Waals surface area contributed by atoms with E-state index >= 15 is 0 Å². The van der Waals surface area contributed by atoms with E-state index in [0.29, 0.717) is 25.0 Å². The third-order valence-corrected chi connectivity index (χ3v) is 4.09. The Morgan fingerprint density at radius 2 is 2.10 bits per heavy atom. The molecule has 0 aromatic heterocycles. The Hall–Kier alpha value is -1.56. The van der Waals surface area contributed by atoms with Gasteiger partial charge in [0.2, 0.25) is 0 Å². The molecule has 2 aliphatic heterocycles. The first-order valence-electron chi connectivity index (χ1n) is 6.65. The van der Waals surface area contributed by atoms with Crippen molar-refractivity contribution in [2.75, 3.05) is 19.6 Å². The average Bonchev–Trinajstić information content (AvgIpc) is 2.97. The van der Waals surface area contributed by atoms with E-state index in [4.69, 9.17) is 0 Å². The normalized spacial score (nSPS) is 25.9. The van der Waals surface area contributed by atoms with Crippen LogP contribution in [0.1, 0.15) is 22.3 Å². The Labute approximate surface area is 114 Å². The van der Waals surface area contributed by atoms with Crippen LogP contribution in [0.5, 0.6) is 0 Å². The third-order valence-electron chi connectivity index (χ3n) is 4.09. The lowest BCUT2D eigenvalue weighted by Crippen LogP contribution is -2.34. The number of fused-ring (bicyclic) bond motifs is 1. The van der Waals surface area contributed by atoms with Crippen molar-refractivity contribution in [1.29, 1.82) is 0 Å². The fraction of sp³-hybridized carbons (Fsp3) is 0.500. The molecule has 0 bridgehead atoms. The van der Waals surface area contributed by atoms with E-state index in [9.17, 15) is 18.0 Å². The fourth-order valence-corrected chi connectivity index (χ4v) is 3.03. The first-order valence-corrected chi connectivity index (χ1v) is 6.65. The predicted octanol–water partition coefficient (Wildman–Crippen LogP) is 2.14. The summed E-state index contributed by atoms with van der Waals surface area (Å²) in [6.45, 7) is 2.17. The van der Waals surface area contributed by atoms with Crippen LogP contribution in [0.4, 0.5) is 13.2 Å². The summed E-state index contributed by atoms with van der Waals surface area (Å²) in [6, 6.07) is 4.94. The SMILES string of the molecule is O=C(c1cccc(C(F)(F)F)c1)N1C[C@@H]2CCN[C@@H]2C1. The summed E-state index contributed by atoms with van der Waals surface area (Å²) < 4.78 is 38.0. The molecule has 1 N–H and O–H groups in total. The first kappa shape index (κ1) is 13.4. The number of alkyl halides is 3. The maximum Gasteiger partial charge on any atom is 0.416 e. The zero-order valence-corrected chi connectivity index (χ0v) is 10.8. The number of rotatable bonds is 1. The summed E-state index contributed by atoms with van der Waals surface area (Å²) in [5.41, 5.74) is -0.666. The molecule has 6 heteroatoms. The minimum absolute atomic E-state index is 0.111. The van der Waals surface area contributed by atoms with E-state index in [1.165, 1.54) is 12.1 Å². The van der Waals surface area contributed by atoms with Crippen LogP contribution in [0.15, 0.2) is 24.3 Å². The number of hydrogen-bond acceptors (Lipinski definition) is 2. The molecule has 1 aromatic carbocycles. The number of benzene rings is 1. The van der Waals surface area contributed by atoms with Gasteiger partial charge in [-0.05, 0) is 37.1 Å². The second-order valence-electron chi connectivity index (χ2n) is 5.40. The molecule has 0 saturated carbocycles. The maximum absolute atomic E-state index is 12.7. The molecule has 2 fully saturated rings. The average molecular weight is 284 g/mol. The van der Waals surface area contributed by atoms with E-state index in [1.807, 2.05) is 0 Å². The lowest BCUT2D eigenvalue weighted by molar-refractivity contribution is -0.137. The van der Waals surface area contributed by atoms with Gasteiger partial charge in [-0.15, -0.1) is 0 Å². The summed E-state index contributed by atoms with van der Waals surface area (Å²) in [5.74, 6) is 0.122. The molecule has 0 aliphatic carbocycles. The molecule has 0 unspecified atom stereocenters. The van der Waals surface area contributed by atoms with E-state index in [0.717, 1.165) is 25.1 Å². The number of likely N-dealkylation sites (tertiary alicyclic amines) is 1. The molecule has 2 aliphatic rings. The summed E-state index contributed by atoms with van der Waals surface area (Å²) in [7, 11) is 0. The number of carbonyl (C=O) groups excluding carboxylic acids is 1. The van der Waals surface area contributed by atoms with E-state index in [1.54, 1.807) is 4.90 Å². The highest BCUT2D eigenvalue weighted by atomic mass is 19.4. The molecule has 2 saturated heterocycles. The van der Waals surface area contributed by atoms with Gasteiger partial charge in [0.1, 0.15) is 0 Å². The van der Waals surface area contributed by atoms with Crippen LogP contribution in [-0.4, -0.2) is 36.5 Å². The van der Waals surface area contributed by atoms with Crippen LogP contribution >= 0.6 is 0 Å². The van der Waals surface area contributed by atoms with Gasteiger partial charge in [0.05, 0.1) is 5.56 Å². The van der Waals surface area contributed by atoms with Gasteiger partial charge in [-0.25, -0.2) is 0 Å². The quantitative estimate of drug-likeness (QED) is 0.857. The van der Waals surface area contributed by atoms with Gasteiger partial charge in [0.15, 0.2) is 0 Å². The maximum atomic E-state index is 12.7. The number of nitrogens with zero attached hydrogens (tertiary/aromatic N) is 1. The van der Waals surface area contributed by atoms with Crippen molar-refractivity contribution in [3.05, 3.63) is 35.4 Å². The van der Waals surface area contributed by atoms with E-state index in [2.05, 4.69) is 5.32 Å². The van der Waals surface area contributed by atoms with Gasteiger partial charge < -0.3 is 10.2 Å². The van der Waals surface area contributed by atoms with Crippen molar-refractivity contribution in [2.24, 2.45) is 5.92 Å². The smallest absolute Gasteiger partial charge is 0.337 e. The topological polar surface area (TPSA) is 32.3 Å². The molecule has 1 aromatic rings. The van der Waals surface area contributed by atoms with Crippen molar-refractivity contribution < 1.29 is 18.0 Å². The monoisotopic (exact) mass is 284 g/mol. The highest BCUT2D eigenvalue weighted by Gasteiger charge is 2.38. The standard InChI is InChI=1S/C14H15F3N2O/c15-14(16,17)11-3-1-2-9(6-11)13(20)19-7-10-4-5-18-12(10)8-19/h1-3,6,10,12,18H,4-5,7-8H2/t10-,12+/m0/s1. The van der Waals surface area contributed by atoms with Crippen LogP contribution in [0, 0.1) is 5.92 Å². The lowest BCUT2D eigenvalue weighted by atomic mass is 10.1. The Morgan fingerprint density at radius 1 is 1.30 bits per heavy atom. The number of amides is 1.